The van der Waals surface area contributed by atoms with Crippen LogP contribution >= 0.6 is 0 Å². The van der Waals surface area contributed by atoms with Crippen LogP contribution in [0.5, 0.6) is 0 Å². The summed E-state index contributed by atoms with van der Waals surface area (Å²) in [6.07, 6.45) is -21.7. The molecule has 63 heavy (non-hydrogen) atoms. The van der Waals surface area contributed by atoms with Gasteiger partial charge in [0.05, 0.1) is 33.2 Å². The number of aromatic nitrogens is 4. The second-order valence-corrected chi connectivity index (χ2v) is 14.3. The summed E-state index contributed by atoms with van der Waals surface area (Å²) in [6, 6.07) is 9.37. The Morgan fingerprint density at radius 2 is 0.778 bits per heavy atom. The molecule has 12 nitrogen and oxygen atoms in total. The maximum atomic E-state index is 13.6. The van der Waals surface area contributed by atoms with Gasteiger partial charge >= 0.3 is 24.7 Å². The molecule has 4 amide bonds. The fraction of sp³-hybridized carbons (Fsp3) is 0.282. The Kier molecular flexibility index (Phi) is 10.3. The quantitative estimate of drug-likeness (QED) is 0.0616. The molecule has 0 aliphatic carbocycles. The summed E-state index contributed by atoms with van der Waals surface area (Å²) in [5.74, 6) is -3.46. The van der Waals surface area contributed by atoms with Gasteiger partial charge in [0.2, 0.25) is 0 Å². The van der Waals surface area contributed by atoms with E-state index in [4.69, 9.17) is 0 Å². The van der Waals surface area contributed by atoms with Gasteiger partial charge in [0, 0.05) is 58.9 Å². The molecule has 6 aromatic rings. The molecule has 4 heterocycles. The first-order valence-electron chi connectivity index (χ1n) is 18.5. The van der Waals surface area contributed by atoms with Crippen LogP contribution in [0.2, 0.25) is 0 Å². The van der Waals surface area contributed by atoms with Crippen molar-refractivity contribution >= 4 is 67.2 Å². The summed E-state index contributed by atoms with van der Waals surface area (Å²) in [4.78, 5) is 68.5. The van der Waals surface area contributed by atoms with E-state index in [-0.39, 0.29) is 70.0 Å². The number of rotatable bonds is 10. The van der Waals surface area contributed by atoms with Crippen LogP contribution in [0.4, 0.5) is 52.7 Å². The van der Waals surface area contributed by atoms with Crippen molar-refractivity contribution < 1.29 is 71.9 Å². The Morgan fingerprint density at radius 3 is 1.13 bits per heavy atom. The Labute approximate surface area is 343 Å². The Morgan fingerprint density at radius 1 is 0.444 bits per heavy atom. The van der Waals surface area contributed by atoms with Crippen LogP contribution < -0.4 is 10.6 Å². The van der Waals surface area contributed by atoms with E-state index in [0.29, 0.717) is 19.5 Å². The van der Waals surface area contributed by atoms with Crippen LogP contribution in [0.15, 0.2) is 48.5 Å². The fourth-order valence-corrected chi connectivity index (χ4v) is 7.62. The van der Waals surface area contributed by atoms with Gasteiger partial charge in [-0.05, 0) is 43.8 Å². The van der Waals surface area contributed by atoms with Crippen LogP contribution in [-0.2, 0) is 24.7 Å². The van der Waals surface area contributed by atoms with Crippen molar-refractivity contribution in [2.45, 2.75) is 31.1 Å². The molecule has 24 heteroatoms. The van der Waals surface area contributed by atoms with Gasteiger partial charge in [0.25, 0.3) is 23.6 Å². The number of alkyl halides is 12. The summed E-state index contributed by atoms with van der Waals surface area (Å²) in [5, 5.41) is 5.50. The molecule has 8 rings (SSSR count). The van der Waals surface area contributed by atoms with Crippen molar-refractivity contribution in [3.63, 3.8) is 0 Å². The molecule has 0 spiro atoms. The van der Waals surface area contributed by atoms with Gasteiger partial charge in [-0.3, -0.25) is 29.0 Å². The van der Waals surface area contributed by atoms with Crippen molar-refractivity contribution in [1.29, 1.82) is 0 Å². The summed E-state index contributed by atoms with van der Waals surface area (Å²) >= 11 is 0. The molecule has 2 aromatic heterocycles. The molecule has 0 unspecified atom stereocenters. The molecule has 0 saturated heterocycles. The lowest BCUT2D eigenvalue weighted by molar-refractivity contribution is -0.167. The number of benzene rings is 4. The van der Waals surface area contributed by atoms with Crippen molar-refractivity contribution in [3.8, 4) is 0 Å². The zero-order valence-electron chi connectivity index (χ0n) is 31.4. The Hall–Kier alpha value is -6.56. The monoisotopic (exact) mass is 896 g/mol. The van der Waals surface area contributed by atoms with E-state index in [9.17, 15) is 71.9 Å². The molecule has 0 saturated carbocycles. The third-order valence-electron chi connectivity index (χ3n) is 10.3. The normalized spacial score (nSPS) is 15.0. The predicted molar refractivity (Wildman–Crippen MR) is 195 cm³/mol. The molecule has 0 bridgehead atoms. The third-order valence-corrected chi connectivity index (χ3v) is 10.3. The van der Waals surface area contributed by atoms with Crippen molar-refractivity contribution in [2.24, 2.45) is 0 Å². The van der Waals surface area contributed by atoms with E-state index in [2.05, 4.69) is 30.6 Å². The standard InChI is InChI=1S/C39H24F12N8O4/c40-36(41,42)28-30(38(46,47)48)56-26-16-4-1-6-18-24(16)20(14-22(26)54-28)34(62)58(32(18)60)12-10-52-8-3-9-53-11-13-59-33(61)19-7-2-5-17-25(19)21(35(59)63)15-23-27(17)57-31(39(49,50)51)29(55-23)37(43,44)45/h1-2,4-7,14-15,52-53H,3,8-13H2. The number of carbonyl (C=O) groups excluding carboxylic acids is 4. The second-order valence-electron chi connectivity index (χ2n) is 14.3. The number of imide groups is 2. The topological polar surface area (TPSA) is 150 Å². The van der Waals surface area contributed by atoms with Gasteiger partial charge in [-0.15, -0.1) is 0 Å². The van der Waals surface area contributed by atoms with E-state index >= 15 is 0 Å². The lowest BCUT2D eigenvalue weighted by Gasteiger charge is -2.28. The van der Waals surface area contributed by atoms with Crippen LogP contribution in [0.3, 0.4) is 0 Å². The molecule has 2 N–H and O–H groups in total. The van der Waals surface area contributed by atoms with Gasteiger partial charge in [0.1, 0.15) is 0 Å². The highest BCUT2D eigenvalue weighted by Crippen LogP contribution is 2.43. The molecule has 0 atom stereocenters. The molecule has 2 aliphatic heterocycles. The molecule has 2 aliphatic rings. The molecule has 0 fully saturated rings. The lowest BCUT2D eigenvalue weighted by atomic mass is 9.92. The third kappa shape index (κ3) is 7.48. The average Bonchev–Trinajstić information content (AvgIpc) is 3.20. The van der Waals surface area contributed by atoms with Gasteiger partial charge in [-0.1, -0.05) is 24.3 Å². The summed E-state index contributed by atoms with van der Waals surface area (Å²) in [7, 11) is 0. The molecule has 328 valence electrons. The van der Waals surface area contributed by atoms with Gasteiger partial charge < -0.3 is 10.6 Å². The zero-order valence-corrected chi connectivity index (χ0v) is 31.4. The number of nitrogens with one attached hydrogen (secondary N) is 2. The van der Waals surface area contributed by atoms with Crippen LogP contribution in [-0.4, -0.2) is 92.6 Å². The summed E-state index contributed by atoms with van der Waals surface area (Å²) in [6.45, 7) is 0.205. The van der Waals surface area contributed by atoms with E-state index < -0.39 is 93.2 Å². The lowest BCUT2D eigenvalue weighted by Crippen LogP contribution is -2.44. The van der Waals surface area contributed by atoms with Crippen molar-refractivity contribution in [2.75, 3.05) is 39.3 Å². The van der Waals surface area contributed by atoms with Gasteiger partial charge in [0.15, 0.2) is 22.8 Å². The molecule has 4 aromatic carbocycles. The minimum atomic E-state index is -5.54. The predicted octanol–water partition coefficient (Wildman–Crippen LogP) is 7.42. The fourth-order valence-electron chi connectivity index (χ4n) is 7.62. The molecular weight excluding hydrogens is 872 g/mol. The number of carbonyl (C=O) groups is 4. The Bertz CT molecular complexity index is 2750. The summed E-state index contributed by atoms with van der Waals surface area (Å²) in [5.41, 5.74) is -12.3. The first-order valence-corrected chi connectivity index (χ1v) is 18.5. The number of amides is 4. The number of hydrogen-bond acceptors (Lipinski definition) is 10. The second kappa shape index (κ2) is 15.1. The smallest absolute Gasteiger partial charge is 0.315 e. The SMILES string of the molecule is O=C1c2cccc3c2c(cc2nc(C(F)(F)F)c(C(F)(F)F)nc23)C(=O)N1CCNCCCNCCN1C(=O)c2cccc3c2c(cc2nc(C(F)(F)F)c(C(F)(F)F)nc23)C1=O. The largest absolute Gasteiger partial charge is 0.435 e. The van der Waals surface area contributed by atoms with E-state index in [1.807, 2.05) is 0 Å². The number of fused-ring (bicyclic) bond motifs is 4. The number of nitrogens with zero attached hydrogens (tertiary/aromatic N) is 6. The van der Waals surface area contributed by atoms with Gasteiger partial charge in [-0.2, -0.15) is 52.7 Å². The Balaban J connectivity index is 0.889. The van der Waals surface area contributed by atoms with Crippen molar-refractivity contribution in [3.05, 3.63) is 93.6 Å². The minimum absolute atomic E-state index is 0.0338. The van der Waals surface area contributed by atoms with Crippen LogP contribution in [0.1, 0.15) is 70.6 Å². The van der Waals surface area contributed by atoms with Crippen LogP contribution in [0.25, 0.3) is 43.6 Å². The zero-order chi connectivity index (χ0) is 45.6. The van der Waals surface area contributed by atoms with Crippen LogP contribution in [0, 0.1) is 0 Å². The molecular formula is C39H24F12N8O4. The maximum Gasteiger partial charge on any atom is 0.435 e. The highest BCUT2D eigenvalue weighted by molar-refractivity contribution is 6.30. The summed E-state index contributed by atoms with van der Waals surface area (Å²) < 4.78 is 164. The van der Waals surface area contributed by atoms with Crippen molar-refractivity contribution in [1.82, 2.24) is 40.4 Å². The first-order chi connectivity index (χ1) is 29.5. The average molecular weight is 897 g/mol. The highest BCUT2D eigenvalue weighted by Gasteiger charge is 2.48. The van der Waals surface area contributed by atoms with E-state index in [1.54, 1.807) is 0 Å². The highest BCUT2D eigenvalue weighted by atomic mass is 19.4. The van der Waals surface area contributed by atoms with E-state index in [0.717, 1.165) is 21.9 Å². The molecule has 0 radical (unpaired) electrons. The number of halogens is 12. The minimum Gasteiger partial charge on any atom is -0.315 e. The maximum absolute atomic E-state index is 13.6. The van der Waals surface area contributed by atoms with Gasteiger partial charge in [-0.25, -0.2) is 19.9 Å². The first kappa shape index (κ1) is 43.1. The number of hydrogen-bond donors (Lipinski definition) is 2. The van der Waals surface area contributed by atoms with E-state index in [1.165, 1.54) is 36.4 Å².